The first-order chi connectivity index (χ1) is 14.3. The van der Waals surface area contributed by atoms with Crippen molar-refractivity contribution < 1.29 is 13.2 Å². The summed E-state index contributed by atoms with van der Waals surface area (Å²) in [5, 5.41) is 0. The van der Waals surface area contributed by atoms with Crippen LogP contribution in [0.5, 0.6) is 0 Å². The number of nitrogens with zero attached hydrogens (tertiary/aromatic N) is 3. The van der Waals surface area contributed by atoms with Gasteiger partial charge in [-0.2, -0.15) is 4.31 Å². The summed E-state index contributed by atoms with van der Waals surface area (Å²) in [5.41, 5.74) is 1.37. The Hall–Kier alpha value is -1.15. The maximum Gasteiger partial charge on any atom is 0.268 e. The summed E-state index contributed by atoms with van der Waals surface area (Å²) in [6, 6.07) is 7.51. The Morgan fingerprint density at radius 2 is 1.73 bits per heavy atom. The lowest BCUT2D eigenvalue weighted by Gasteiger charge is -2.50. The molecule has 1 aliphatic heterocycles. The highest BCUT2D eigenvalue weighted by atomic mass is 35.5. The number of piperazine rings is 1. The van der Waals surface area contributed by atoms with Crippen LogP contribution in [0.1, 0.15) is 61.4 Å². The summed E-state index contributed by atoms with van der Waals surface area (Å²) in [7, 11) is -3.17. The Bertz CT molecular complexity index is 832. The monoisotopic (exact) mass is 455 g/mol. The molecule has 1 aromatic carbocycles. The molecule has 1 saturated heterocycles. The Balaban J connectivity index is 1.72. The van der Waals surface area contributed by atoms with Gasteiger partial charge in [0.1, 0.15) is 0 Å². The molecule has 168 valence electrons. The van der Waals surface area contributed by atoms with Crippen molar-refractivity contribution in [3.63, 3.8) is 0 Å². The average molecular weight is 456 g/mol. The van der Waals surface area contributed by atoms with Gasteiger partial charge in [0.05, 0.1) is 12.3 Å². The van der Waals surface area contributed by atoms with E-state index in [1.54, 1.807) is 4.31 Å². The summed E-state index contributed by atoms with van der Waals surface area (Å²) < 4.78 is 27.9. The van der Waals surface area contributed by atoms with E-state index in [0.29, 0.717) is 44.7 Å². The molecule has 1 heterocycles. The highest BCUT2D eigenvalue weighted by molar-refractivity contribution is 7.89. The smallest absolute Gasteiger partial charge is 0.268 e. The first-order valence-electron chi connectivity index (χ1n) is 11.1. The van der Waals surface area contributed by atoms with E-state index in [1.165, 1.54) is 10.8 Å². The van der Waals surface area contributed by atoms with Gasteiger partial charge in [0, 0.05) is 49.1 Å². The van der Waals surface area contributed by atoms with Gasteiger partial charge in [-0.25, -0.2) is 12.8 Å². The molecule has 1 amide bonds. The van der Waals surface area contributed by atoms with E-state index < -0.39 is 10.0 Å². The molecule has 0 spiro atoms. The topological polar surface area (TPSA) is 60.9 Å². The van der Waals surface area contributed by atoms with E-state index in [4.69, 9.17) is 11.8 Å². The van der Waals surface area contributed by atoms with E-state index in [0.717, 1.165) is 31.2 Å². The van der Waals surface area contributed by atoms with Gasteiger partial charge >= 0.3 is 0 Å². The fourth-order valence-electron chi connectivity index (χ4n) is 4.89. The Labute approximate surface area is 186 Å². The molecule has 2 fully saturated rings. The van der Waals surface area contributed by atoms with Crippen molar-refractivity contribution in [3.8, 4) is 0 Å². The van der Waals surface area contributed by atoms with E-state index in [2.05, 4.69) is 4.90 Å². The molecule has 3 rings (SSSR count). The van der Waals surface area contributed by atoms with Crippen LogP contribution >= 0.6 is 11.8 Å². The zero-order valence-corrected chi connectivity index (χ0v) is 19.7. The second kappa shape index (κ2) is 9.98. The number of halogens is 1. The molecule has 0 aromatic heterocycles. The number of amides is 1. The number of hydrogen-bond acceptors (Lipinski definition) is 4. The van der Waals surface area contributed by atoms with Gasteiger partial charge in [-0.3, -0.25) is 9.69 Å². The summed E-state index contributed by atoms with van der Waals surface area (Å²) in [5.74, 6) is 0.0438. The number of benzene rings is 1. The Morgan fingerprint density at radius 1 is 1.10 bits per heavy atom. The summed E-state index contributed by atoms with van der Waals surface area (Å²) >= 11 is 6.57. The Morgan fingerprint density at radius 3 is 2.33 bits per heavy atom. The van der Waals surface area contributed by atoms with E-state index in [1.807, 2.05) is 38.1 Å². The lowest BCUT2D eigenvalue weighted by Crippen LogP contribution is -2.62. The highest BCUT2D eigenvalue weighted by Crippen LogP contribution is 2.36. The molecule has 8 heteroatoms. The summed E-state index contributed by atoms with van der Waals surface area (Å²) in [4.78, 5) is 15.4. The molecule has 2 aliphatic rings. The highest BCUT2D eigenvalue weighted by Gasteiger charge is 2.42. The fourth-order valence-corrected chi connectivity index (χ4v) is 6.69. The van der Waals surface area contributed by atoms with Crippen molar-refractivity contribution >= 4 is 27.7 Å². The first kappa shape index (κ1) is 23.5. The van der Waals surface area contributed by atoms with Crippen molar-refractivity contribution in [2.24, 2.45) is 0 Å². The molecule has 0 bridgehead atoms. The van der Waals surface area contributed by atoms with Gasteiger partial charge in [0.2, 0.25) is 10.0 Å². The van der Waals surface area contributed by atoms with Crippen molar-refractivity contribution in [1.82, 2.24) is 13.6 Å². The van der Waals surface area contributed by atoms with E-state index in [-0.39, 0.29) is 17.2 Å². The molecular weight excluding hydrogens is 422 g/mol. The van der Waals surface area contributed by atoms with Crippen LogP contribution in [-0.4, -0.2) is 72.0 Å². The van der Waals surface area contributed by atoms with Crippen LogP contribution in [-0.2, 0) is 10.0 Å². The van der Waals surface area contributed by atoms with Crippen LogP contribution in [0.3, 0.4) is 0 Å². The summed E-state index contributed by atoms with van der Waals surface area (Å²) in [6.45, 7) is 6.67. The van der Waals surface area contributed by atoms with Crippen LogP contribution in [0.2, 0.25) is 0 Å². The van der Waals surface area contributed by atoms with E-state index in [9.17, 15) is 13.2 Å². The molecule has 0 unspecified atom stereocenters. The molecule has 1 aliphatic carbocycles. The van der Waals surface area contributed by atoms with Crippen LogP contribution in [0.15, 0.2) is 24.3 Å². The number of aryl methyl sites for hydroxylation is 1. The van der Waals surface area contributed by atoms with Crippen molar-refractivity contribution in [2.75, 3.05) is 38.5 Å². The van der Waals surface area contributed by atoms with Gasteiger partial charge in [-0.05, 0) is 37.8 Å². The molecule has 0 N–H and O–H groups in total. The quantitative estimate of drug-likeness (QED) is 0.589. The molecular formula is C22H34ClN3O3S. The molecule has 30 heavy (non-hydrogen) atoms. The van der Waals surface area contributed by atoms with E-state index >= 15 is 0 Å². The normalized spacial score (nSPS) is 20.8. The molecule has 0 atom stereocenters. The number of carbonyl (C=O) groups excluding carboxylic acids is 1. The second-order valence-electron chi connectivity index (χ2n) is 8.63. The molecule has 1 saturated carbocycles. The second-order valence-corrected chi connectivity index (χ2v) is 11.1. The average Bonchev–Trinajstić information content (AvgIpc) is 2.74. The minimum atomic E-state index is -3.17. The minimum Gasteiger partial charge on any atom is -0.293 e. The zero-order chi connectivity index (χ0) is 21.8. The van der Waals surface area contributed by atoms with Gasteiger partial charge in [0.25, 0.3) is 5.91 Å². The van der Waals surface area contributed by atoms with Crippen molar-refractivity contribution in [1.29, 1.82) is 0 Å². The van der Waals surface area contributed by atoms with Crippen molar-refractivity contribution in [2.45, 2.75) is 57.9 Å². The standard InChI is InChI=1S/C22H34ClN3O3S/c1-3-17-30(28,29)25-15-13-24(14-16-25)22(11-7-4-8-12-22)18-26(23)21(27)20-10-6-5-9-19(20)2/h5-6,9-10H,3-4,7-8,11-18H2,1-2H3. The maximum atomic E-state index is 13.0. The minimum absolute atomic E-state index is 0.163. The third-order valence-corrected chi connectivity index (χ3v) is 8.93. The predicted octanol–water partition coefficient (Wildman–Crippen LogP) is 3.65. The van der Waals surface area contributed by atoms with Gasteiger partial charge in [-0.15, -0.1) is 0 Å². The third-order valence-electron chi connectivity index (χ3n) is 6.58. The number of hydrogen-bond donors (Lipinski definition) is 0. The van der Waals surface area contributed by atoms with Gasteiger partial charge in [-0.1, -0.05) is 44.4 Å². The van der Waals surface area contributed by atoms with Crippen LogP contribution < -0.4 is 0 Å². The van der Waals surface area contributed by atoms with Crippen LogP contribution in [0.4, 0.5) is 0 Å². The molecule has 6 nitrogen and oxygen atoms in total. The van der Waals surface area contributed by atoms with Crippen molar-refractivity contribution in [3.05, 3.63) is 35.4 Å². The third kappa shape index (κ3) is 5.18. The molecule has 0 radical (unpaired) electrons. The number of carbonyl (C=O) groups is 1. The zero-order valence-electron chi connectivity index (χ0n) is 18.1. The number of sulfonamides is 1. The van der Waals surface area contributed by atoms with Crippen LogP contribution in [0.25, 0.3) is 0 Å². The number of rotatable bonds is 7. The fraction of sp³-hybridized carbons (Fsp3) is 0.682. The maximum absolute atomic E-state index is 13.0. The lowest BCUT2D eigenvalue weighted by molar-refractivity contribution is 0.0119. The lowest BCUT2D eigenvalue weighted by atomic mass is 9.79. The largest absolute Gasteiger partial charge is 0.293 e. The Kier molecular flexibility index (Phi) is 7.82. The predicted molar refractivity (Wildman–Crippen MR) is 121 cm³/mol. The van der Waals surface area contributed by atoms with Gasteiger partial charge in [0.15, 0.2) is 0 Å². The summed E-state index contributed by atoms with van der Waals surface area (Å²) in [6.07, 6.45) is 6.02. The molecule has 1 aromatic rings. The SMILES string of the molecule is CCCS(=O)(=O)N1CCN(C2(CN(Cl)C(=O)c3ccccc3C)CCCCC2)CC1. The van der Waals surface area contributed by atoms with Gasteiger partial charge < -0.3 is 0 Å². The van der Waals surface area contributed by atoms with Crippen LogP contribution in [0, 0.1) is 6.92 Å². The first-order valence-corrected chi connectivity index (χ1v) is 13.0.